The summed E-state index contributed by atoms with van der Waals surface area (Å²) in [4.78, 5) is 15.1. The zero-order valence-corrected chi connectivity index (χ0v) is 15.7. The van der Waals surface area contributed by atoms with Crippen molar-refractivity contribution in [3.63, 3.8) is 0 Å². The van der Waals surface area contributed by atoms with E-state index in [1.807, 2.05) is 41.3 Å². The van der Waals surface area contributed by atoms with Gasteiger partial charge in [0.2, 0.25) is 6.79 Å². The number of amides is 1. The molecular formula is C19H19BrN2O3. The number of fused-ring (bicyclic) bond motifs is 2. The standard InChI is InChI=1S/C19H19BrN2O3/c1-3-11(2)22-18(21-15-7-5-4-6-12(15)19(22)23)13-8-16-17(9-14(13)20)25-10-24-16/h4-9,11,18,21H,3,10H2,1-2H3/t11-,18-/m0/s1. The van der Waals surface area contributed by atoms with Crippen molar-refractivity contribution in [3.8, 4) is 11.5 Å². The van der Waals surface area contributed by atoms with Gasteiger partial charge in [0.1, 0.15) is 6.17 Å². The molecule has 1 N–H and O–H groups in total. The summed E-state index contributed by atoms with van der Waals surface area (Å²) in [6.45, 7) is 4.38. The Balaban J connectivity index is 1.83. The Bertz CT molecular complexity index is 839. The van der Waals surface area contributed by atoms with E-state index >= 15 is 0 Å². The number of hydrogen-bond acceptors (Lipinski definition) is 4. The van der Waals surface area contributed by atoms with Gasteiger partial charge < -0.3 is 19.7 Å². The normalized spacial score (nSPS) is 19.4. The number of anilines is 1. The predicted octanol–water partition coefficient (Wildman–Crippen LogP) is 4.54. The largest absolute Gasteiger partial charge is 0.454 e. The SMILES string of the molecule is CC[C@H](C)N1C(=O)c2ccccc2N[C@@H]1c1cc2c(cc1Br)OCO2. The molecule has 0 spiro atoms. The fourth-order valence-corrected chi connectivity index (χ4v) is 3.83. The maximum atomic E-state index is 13.2. The summed E-state index contributed by atoms with van der Waals surface area (Å²) in [5.41, 5.74) is 2.50. The summed E-state index contributed by atoms with van der Waals surface area (Å²) >= 11 is 3.63. The maximum Gasteiger partial charge on any atom is 0.258 e. The highest BCUT2D eigenvalue weighted by Gasteiger charge is 2.37. The number of para-hydroxylation sites is 1. The highest BCUT2D eigenvalue weighted by molar-refractivity contribution is 9.10. The molecule has 0 unspecified atom stereocenters. The molecule has 0 aliphatic carbocycles. The van der Waals surface area contributed by atoms with Gasteiger partial charge in [-0.1, -0.05) is 35.0 Å². The molecule has 0 saturated carbocycles. The number of nitrogens with zero attached hydrogens (tertiary/aromatic N) is 1. The van der Waals surface area contributed by atoms with Crippen molar-refractivity contribution in [2.45, 2.75) is 32.5 Å². The first kappa shape index (κ1) is 16.3. The van der Waals surface area contributed by atoms with Crippen LogP contribution in [0.5, 0.6) is 11.5 Å². The van der Waals surface area contributed by atoms with Crippen molar-refractivity contribution in [2.75, 3.05) is 12.1 Å². The van der Waals surface area contributed by atoms with Gasteiger partial charge in [0.05, 0.1) is 5.56 Å². The van der Waals surface area contributed by atoms with Crippen LogP contribution >= 0.6 is 15.9 Å². The van der Waals surface area contributed by atoms with Crippen LogP contribution < -0.4 is 14.8 Å². The second-order valence-electron chi connectivity index (χ2n) is 6.29. The smallest absolute Gasteiger partial charge is 0.258 e. The Labute approximate surface area is 155 Å². The van der Waals surface area contributed by atoms with Crippen molar-refractivity contribution < 1.29 is 14.3 Å². The number of rotatable bonds is 3. The van der Waals surface area contributed by atoms with Crippen molar-refractivity contribution in [2.24, 2.45) is 0 Å². The minimum Gasteiger partial charge on any atom is -0.454 e. The third-order valence-corrected chi connectivity index (χ3v) is 5.50. The van der Waals surface area contributed by atoms with Gasteiger partial charge in [-0.2, -0.15) is 0 Å². The summed E-state index contributed by atoms with van der Waals surface area (Å²) in [5.74, 6) is 1.46. The van der Waals surface area contributed by atoms with E-state index in [2.05, 4.69) is 35.1 Å². The Hall–Kier alpha value is -2.21. The van der Waals surface area contributed by atoms with Crippen LogP contribution in [0, 0.1) is 0 Å². The van der Waals surface area contributed by atoms with E-state index < -0.39 is 0 Å². The van der Waals surface area contributed by atoms with E-state index in [1.165, 1.54) is 0 Å². The number of ether oxygens (including phenoxy) is 2. The molecule has 25 heavy (non-hydrogen) atoms. The molecule has 6 heteroatoms. The Morgan fingerprint density at radius 1 is 1.28 bits per heavy atom. The van der Waals surface area contributed by atoms with E-state index in [0.29, 0.717) is 17.1 Å². The second-order valence-corrected chi connectivity index (χ2v) is 7.14. The molecule has 2 atom stereocenters. The molecular weight excluding hydrogens is 384 g/mol. The molecule has 5 nitrogen and oxygen atoms in total. The Morgan fingerprint density at radius 2 is 2.00 bits per heavy atom. The maximum absolute atomic E-state index is 13.2. The number of benzene rings is 2. The monoisotopic (exact) mass is 402 g/mol. The van der Waals surface area contributed by atoms with Crippen LogP contribution in [-0.2, 0) is 0 Å². The molecule has 2 aliphatic rings. The van der Waals surface area contributed by atoms with Gasteiger partial charge in [-0.15, -0.1) is 0 Å². The summed E-state index contributed by atoms with van der Waals surface area (Å²) in [7, 11) is 0. The predicted molar refractivity (Wildman–Crippen MR) is 99.0 cm³/mol. The quantitative estimate of drug-likeness (QED) is 0.818. The lowest BCUT2D eigenvalue weighted by molar-refractivity contribution is 0.0592. The van der Waals surface area contributed by atoms with Crippen LogP contribution in [0.3, 0.4) is 0 Å². The zero-order chi connectivity index (χ0) is 17.6. The highest BCUT2D eigenvalue weighted by atomic mass is 79.9. The van der Waals surface area contributed by atoms with Gasteiger partial charge in [0, 0.05) is 21.8 Å². The molecule has 0 saturated heterocycles. The van der Waals surface area contributed by atoms with Crippen LogP contribution in [0.1, 0.15) is 42.4 Å². The fourth-order valence-electron chi connectivity index (χ4n) is 3.29. The summed E-state index contributed by atoms with van der Waals surface area (Å²) in [6.07, 6.45) is 0.593. The van der Waals surface area contributed by atoms with Crippen LogP contribution in [0.4, 0.5) is 5.69 Å². The Kier molecular flexibility index (Phi) is 4.07. The van der Waals surface area contributed by atoms with Gasteiger partial charge in [-0.05, 0) is 37.6 Å². The van der Waals surface area contributed by atoms with Gasteiger partial charge in [-0.25, -0.2) is 0 Å². The molecule has 0 bridgehead atoms. The minimum absolute atomic E-state index is 0.0401. The topological polar surface area (TPSA) is 50.8 Å². The second kappa shape index (κ2) is 6.26. The van der Waals surface area contributed by atoms with Gasteiger partial charge >= 0.3 is 0 Å². The average Bonchev–Trinajstić information content (AvgIpc) is 3.07. The first-order valence-electron chi connectivity index (χ1n) is 8.37. The lowest BCUT2D eigenvalue weighted by Gasteiger charge is -2.41. The Morgan fingerprint density at radius 3 is 2.76 bits per heavy atom. The first-order valence-corrected chi connectivity index (χ1v) is 9.16. The third-order valence-electron chi connectivity index (χ3n) is 4.81. The molecule has 0 radical (unpaired) electrons. The number of carbonyl (C=O) groups excluding carboxylic acids is 1. The third kappa shape index (κ3) is 2.65. The molecule has 1 amide bonds. The van der Waals surface area contributed by atoms with Crippen LogP contribution in [0.25, 0.3) is 0 Å². The van der Waals surface area contributed by atoms with Crippen molar-refractivity contribution in [1.29, 1.82) is 0 Å². The van der Waals surface area contributed by atoms with Crippen LogP contribution in [0.15, 0.2) is 40.9 Å². The zero-order valence-electron chi connectivity index (χ0n) is 14.1. The molecule has 130 valence electrons. The number of hydrogen-bond donors (Lipinski definition) is 1. The summed E-state index contributed by atoms with van der Waals surface area (Å²) < 4.78 is 11.9. The first-order chi connectivity index (χ1) is 12.1. The van der Waals surface area contributed by atoms with Crippen molar-refractivity contribution >= 4 is 27.5 Å². The number of carbonyl (C=O) groups is 1. The van der Waals surface area contributed by atoms with Gasteiger partial charge in [0.15, 0.2) is 11.5 Å². The van der Waals surface area contributed by atoms with E-state index in [1.54, 1.807) is 0 Å². The van der Waals surface area contributed by atoms with Crippen LogP contribution in [0.2, 0.25) is 0 Å². The summed E-state index contributed by atoms with van der Waals surface area (Å²) in [6, 6.07) is 11.6. The van der Waals surface area contributed by atoms with Crippen LogP contribution in [-0.4, -0.2) is 23.6 Å². The number of halogens is 1. The molecule has 2 aromatic rings. The fraction of sp³-hybridized carbons (Fsp3) is 0.316. The lowest BCUT2D eigenvalue weighted by Crippen LogP contribution is -2.47. The van der Waals surface area contributed by atoms with Crippen molar-refractivity contribution in [3.05, 3.63) is 52.0 Å². The summed E-state index contributed by atoms with van der Waals surface area (Å²) in [5, 5.41) is 3.52. The lowest BCUT2D eigenvalue weighted by atomic mass is 10.0. The average molecular weight is 403 g/mol. The highest BCUT2D eigenvalue weighted by Crippen LogP contribution is 2.43. The van der Waals surface area contributed by atoms with E-state index in [0.717, 1.165) is 22.1 Å². The van der Waals surface area contributed by atoms with E-state index in [9.17, 15) is 4.79 Å². The van der Waals surface area contributed by atoms with Gasteiger partial charge in [0.25, 0.3) is 5.91 Å². The molecule has 0 aromatic heterocycles. The van der Waals surface area contributed by atoms with E-state index in [4.69, 9.17) is 9.47 Å². The molecule has 4 rings (SSSR count). The molecule has 2 aliphatic heterocycles. The van der Waals surface area contributed by atoms with E-state index in [-0.39, 0.29) is 24.9 Å². The molecule has 2 aromatic carbocycles. The van der Waals surface area contributed by atoms with Crippen molar-refractivity contribution in [1.82, 2.24) is 4.90 Å². The number of nitrogens with one attached hydrogen (secondary N) is 1. The molecule has 2 heterocycles. The van der Waals surface area contributed by atoms with Gasteiger partial charge in [-0.3, -0.25) is 4.79 Å². The minimum atomic E-state index is -0.277. The molecule has 0 fully saturated rings.